The van der Waals surface area contributed by atoms with E-state index in [1.165, 1.54) is 0 Å². The first-order chi connectivity index (χ1) is 14.5. The lowest BCUT2D eigenvalue weighted by Gasteiger charge is -2.54. The molecule has 0 atom stereocenters. The van der Waals surface area contributed by atoms with Crippen LogP contribution in [0.4, 0.5) is 0 Å². The molecule has 2 fully saturated rings. The number of carbonyl (C=O) groups excluding carboxylic acids is 2. The van der Waals surface area contributed by atoms with E-state index in [1.807, 2.05) is 18.2 Å². The van der Waals surface area contributed by atoms with E-state index >= 15 is 0 Å². The van der Waals surface area contributed by atoms with Crippen LogP contribution in [0, 0.1) is 0 Å². The van der Waals surface area contributed by atoms with Gasteiger partial charge in [-0.1, -0.05) is 18.2 Å². The Balaban J connectivity index is 1.54. The van der Waals surface area contributed by atoms with Gasteiger partial charge in [-0.15, -0.1) is 0 Å². The smallest absolute Gasteiger partial charge is 0.254 e. The van der Waals surface area contributed by atoms with Crippen LogP contribution < -0.4 is 14.8 Å². The van der Waals surface area contributed by atoms with Gasteiger partial charge in [-0.3, -0.25) is 9.59 Å². The second kappa shape index (κ2) is 7.65. The molecule has 2 aromatic rings. The number of hydrogen-bond acceptors (Lipinski definition) is 5. The summed E-state index contributed by atoms with van der Waals surface area (Å²) >= 11 is 0. The number of hydrogen-bond donors (Lipinski definition) is 1. The molecule has 1 heterocycles. The Morgan fingerprint density at radius 3 is 2.00 bits per heavy atom. The lowest BCUT2D eigenvalue weighted by atomic mass is 9.80. The Bertz CT molecular complexity index is 927. The Morgan fingerprint density at radius 2 is 1.50 bits per heavy atom. The van der Waals surface area contributed by atoms with Crippen molar-refractivity contribution in [1.29, 1.82) is 0 Å². The van der Waals surface area contributed by atoms with Crippen molar-refractivity contribution < 1.29 is 23.8 Å². The molecule has 1 aliphatic heterocycles. The van der Waals surface area contributed by atoms with E-state index in [0.717, 1.165) is 12.8 Å². The molecule has 1 saturated carbocycles. The number of benzene rings is 2. The third kappa shape index (κ3) is 3.39. The van der Waals surface area contributed by atoms with Gasteiger partial charge in [0.15, 0.2) is 0 Å². The van der Waals surface area contributed by atoms with Gasteiger partial charge in [0.2, 0.25) is 0 Å². The summed E-state index contributed by atoms with van der Waals surface area (Å²) < 4.78 is 16.4. The van der Waals surface area contributed by atoms with Crippen LogP contribution in [-0.4, -0.2) is 62.3 Å². The predicted molar refractivity (Wildman–Crippen MR) is 111 cm³/mol. The van der Waals surface area contributed by atoms with Crippen molar-refractivity contribution in [3.63, 3.8) is 0 Å². The van der Waals surface area contributed by atoms with Gasteiger partial charge in [0, 0.05) is 37.4 Å². The summed E-state index contributed by atoms with van der Waals surface area (Å²) in [5.41, 5.74) is 0.0376. The molecule has 7 nitrogen and oxygen atoms in total. The van der Waals surface area contributed by atoms with E-state index < -0.39 is 11.1 Å². The Morgan fingerprint density at radius 1 is 0.900 bits per heavy atom. The van der Waals surface area contributed by atoms with Crippen molar-refractivity contribution in [2.24, 2.45) is 0 Å². The van der Waals surface area contributed by atoms with Gasteiger partial charge in [-0.25, -0.2) is 0 Å². The molecule has 0 aromatic heterocycles. The molecule has 2 aromatic carbocycles. The minimum absolute atomic E-state index is 0.135. The zero-order valence-corrected chi connectivity index (χ0v) is 17.4. The summed E-state index contributed by atoms with van der Waals surface area (Å²) in [6, 6.07) is 14.2. The zero-order chi connectivity index (χ0) is 21.4. The number of ether oxygens (including phenoxy) is 3. The van der Waals surface area contributed by atoms with Crippen molar-refractivity contribution in [3.8, 4) is 11.5 Å². The lowest BCUT2D eigenvalue weighted by Crippen LogP contribution is -2.77. The standard InChI is InChI=1S/C23H26N2O5/c1-28-18-11-17(12-19(13-18)29-2)21(27)25-14-22(15-25,23(30-3)9-10-23)24-20(26)16-7-5-4-6-8-16/h4-8,11-13H,9-10,14-15H2,1-3H3,(H,24,26). The van der Waals surface area contributed by atoms with Gasteiger partial charge in [-0.05, 0) is 37.1 Å². The molecule has 0 radical (unpaired) electrons. The second-order valence-electron chi connectivity index (χ2n) is 7.86. The van der Waals surface area contributed by atoms with Crippen LogP contribution in [-0.2, 0) is 4.74 Å². The minimum atomic E-state index is -0.604. The number of methoxy groups -OCH3 is 3. The number of rotatable bonds is 7. The molecule has 0 unspecified atom stereocenters. The summed E-state index contributed by atoms with van der Waals surface area (Å²) in [4.78, 5) is 27.7. The maximum absolute atomic E-state index is 13.1. The normalized spacial score (nSPS) is 18.2. The van der Waals surface area contributed by atoms with Gasteiger partial charge in [0.05, 0.1) is 19.8 Å². The molecule has 2 aliphatic rings. The van der Waals surface area contributed by atoms with E-state index in [4.69, 9.17) is 14.2 Å². The van der Waals surface area contributed by atoms with E-state index in [-0.39, 0.29) is 11.8 Å². The molecule has 4 rings (SSSR count). The van der Waals surface area contributed by atoms with Crippen LogP contribution in [0.2, 0.25) is 0 Å². The summed E-state index contributed by atoms with van der Waals surface area (Å²) in [6.45, 7) is 0.773. The van der Waals surface area contributed by atoms with Crippen LogP contribution in [0.1, 0.15) is 33.6 Å². The highest BCUT2D eigenvalue weighted by Crippen LogP contribution is 2.52. The van der Waals surface area contributed by atoms with Crippen LogP contribution >= 0.6 is 0 Å². The fourth-order valence-electron chi connectivity index (χ4n) is 4.21. The molecule has 1 aliphatic carbocycles. The van der Waals surface area contributed by atoms with Crippen LogP contribution in [0.5, 0.6) is 11.5 Å². The zero-order valence-electron chi connectivity index (χ0n) is 17.4. The maximum Gasteiger partial charge on any atom is 0.254 e. The first-order valence-corrected chi connectivity index (χ1v) is 9.91. The molecule has 7 heteroatoms. The van der Waals surface area contributed by atoms with Crippen LogP contribution in [0.25, 0.3) is 0 Å². The molecule has 0 spiro atoms. The maximum atomic E-state index is 13.1. The van der Waals surface area contributed by atoms with Gasteiger partial charge in [0.1, 0.15) is 17.0 Å². The van der Waals surface area contributed by atoms with Crippen LogP contribution in [0.15, 0.2) is 48.5 Å². The SMILES string of the molecule is COc1cc(OC)cc(C(=O)N2CC(NC(=O)c3ccccc3)(C3(OC)CC3)C2)c1. The summed E-state index contributed by atoms with van der Waals surface area (Å²) in [5.74, 6) is 0.813. The molecule has 1 saturated heterocycles. The van der Waals surface area contributed by atoms with Gasteiger partial charge < -0.3 is 24.4 Å². The van der Waals surface area contributed by atoms with E-state index in [2.05, 4.69) is 5.32 Å². The molecular formula is C23H26N2O5. The number of carbonyl (C=O) groups is 2. The third-order valence-corrected chi connectivity index (χ3v) is 6.16. The Labute approximate surface area is 175 Å². The topological polar surface area (TPSA) is 77.1 Å². The molecule has 1 N–H and O–H groups in total. The van der Waals surface area contributed by atoms with E-state index in [9.17, 15) is 9.59 Å². The Kier molecular flexibility index (Phi) is 5.15. The van der Waals surface area contributed by atoms with E-state index in [0.29, 0.717) is 35.7 Å². The third-order valence-electron chi connectivity index (χ3n) is 6.16. The number of likely N-dealkylation sites (tertiary alicyclic amines) is 1. The first-order valence-electron chi connectivity index (χ1n) is 9.91. The molecule has 30 heavy (non-hydrogen) atoms. The molecule has 158 valence electrons. The van der Waals surface area contributed by atoms with Gasteiger partial charge >= 0.3 is 0 Å². The van der Waals surface area contributed by atoms with Crippen molar-refractivity contribution >= 4 is 11.8 Å². The largest absolute Gasteiger partial charge is 0.497 e. The summed E-state index contributed by atoms with van der Waals surface area (Å²) in [7, 11) is 4.76. The molecular weight excluding hydrogens is 384 g/mol. The van der Waals surface area contributed by atoms with Gasteiger partial charge in [0.25, 0.3) is 11.8 Å². The predicted octanol–water partition coefficient (Wildman–Crippen LogP) is 2.51. The summed E-state index contributed by atoms with van der Waals surface area (Å²) in [5, 5.41) is 3.17. The summed E-state index contributed by atoms with van der Waals surface area (Å²) in [6.07, 6.45) is 1.71. The highest BCUT2D eigenvalue weighted by Gasteiger charge is 2.66. The van der Waals surface area contributed by atoms with Crippen molar-refractivity contribution in [3.05, 3.63) is 59.7 Å². The highest BCUT2D eigenvalue weighted by atomic mass is 16.5. The number of amides is 2. The average molecular weight is 410 g/mol. The fraction of sp³-hybridized carbons (Fsp3) is 0.391. The quantitative estimate of drug-likeness (QED) is 0.759. The molecule has 2 amide bonds. The second-order valence-corrected chi connectivity index (χ2v) is 7.86. The highest BCUT2D eigenvalue weighted by molar-refractivity contribution is 5.97. The lowest BCUT2D eigenvalue weighted by molar-refractivity contribution is -0.0709. The van der Waals surface area contributed by atoms with Crippen molar-refractivity contribution in [2.75, 3.05) is 34.4 Å². The number of nitrogens with zero attached hydrogens (tertiary/aromatic N) is 1. The average Bonchev–Trinajstić information content (AvgIpc) is 3.57. The van der Waals surface area contributed by atoms with Gasteiger partial charge in [-0.2, -0.15) is 0 Å². The first kappa shape index (κ1) is 20.2. The van der Waals surface area contributed by atoms with Crippen LogP contribution in [0.3, 0.4) is 0 Å². The number of nitrogens with one attached hydrogen (secondary N) is 1. The van der Waals surface area contributed by atoms with Crippen molar-refractivity contribution in [2.45, 2.75) is 24.0 Å². The minimum Gasteiger partial charge on any atom is -0.497 e. The van der Waals surface area contributed by atoms with E-state index in [1.54, 1.807) is 56.6 Å². The monoisotopic (exact) mass is 410 g/mol. The van der Waals surface area contributed by atoms with Crippen molar-refractivity contribution in [1.82, 2.24) is 10.2 Å². The molecule has 0 bridgehead atoms. The Hall–Kier alpha value is -3.06. The fourth-order valence-corrected chi connectivity index (χ4v) is 4.21.